The van der Waals surface area contributed by atoms with E-state index >= 15 is 0 Å². The topological polar surface area (TPSA) is 69.6 Å². The van der Waals surface area contributed by atoms with Crippen molar-refractivity contribution in [1.82, 2.24) is 4.90 Å². The molecule has 2 amide bonds. The minimum absolute atomic E-state index is 0.331. The molecule has 0 spiro atoms. The average Bonchev–Trinajstić information content (AvgIpc) is 2.36. The number of para-hydroxylation sites is 1. The highest BCUT2D eigenvalue weighted by molar-refractivity contribution is 5.93. The molecule has 1 rings (SSSR count). The molecule has 5 heteroatoms. The van der Waals surface area contributed by atoms with Crippen LogP contribution in [0, 0.1) is 6.92 Å². The molecule has 0 aliphatic heterocycles. The SMILES string of the molecule is CCc1cccc(C)c1NC(=O)N(CC(=O)O)C(C)(C)C. The highest BCUT2D eigenvalue weighted by atomic mass is 16.4. The Kier molecular flexibility index (Phi) is 5.35. The molecule has 0 unspecified atom stereocenters. The molecule has 1 aromatic carbocycles. The number of nitrogens with zero attached hydrogens (tertiary/aromatic N) is 1. The van der Waals surface area contributed by atoms with Crippen LogP contribution in [0.4, 0.5) is 10.5 Å². The van der Waals surface area contributed by atoms with Crippen molar-refractivity contribution in [2.45, 2.75) is 46.6 Å². The van der Waals surface area contributed by atoms with Gasteiger partial charge in [0.1, 0.15) is 6.54 Å². The van der Waals surface area contributed by atoms with Crippen LogP contribution >= 0.6 is 0 Å². The number of carbonyl (C=O) groups excluding carboxylic acids is 1. The fourth-order valence-electron chi connectivity index (χ4n) is 2.13. The monoisotopic (exact) mass is 292 g/mol. The average molecular weight is 292 g/mol. The second-order valence-corrected chi connectivity index (χ2v) is 6.04. The van der Waals surface area contributed by atoms with Crippen LogP contribution in [0.3, 0.4) is 0 Å². The summed E-state index contributed by atoms with van der Waals surface area (Å²) in [6.07, 6.45) is 0.797. The first-order valence-electron chi connectivity index (χ1n) is 7.05. The van der Waals surface area contributed by atoms with Gasteiger partial charge in [-0.3, -0.25) is 4.79 Å². The molecule has 0 heterocycles. The van der Waals surface area contributed by atoms with Crippen LogP contribution in [-0.2, 0) is 11.2 Å². The zero-order valence-corrected chi connectivity index (χ0v) is 13.4. The minimum Gasteiger partial charge on any atom is -0.480 e. The maximum atomic E-state index is 12.5. The Labute approximate surface area is 126 Å². The molecule has 0 aliphatic rings. The third kappa shape index (κ3) is 4.48. The van der Waals surface area contributed by atoms with Gasteiger partial charge in [-0.25, -0.2) is 4.79 Å². The Morgan fingerprint density at radius 2 is 1.90 bits per heavy atom. The molecule has 0 saturated carbocycles. The van der Waals surface area contributed by atoms with Gasteiger partial charge in [0.05, 0.1) is 0 Å². The number of carbonyl (C=O) groups is 2. The van der Waals surface area contributed by atoms with Gasteiger partial charge in [-0.05, 0) is 45.2 Å². The van der Waals surface area contributed by atoms with Gasteiger partial charge in [0.25, 0.3) is 0 Å². The molecule has 1 aromatic rings. The Balaban J connectivity index is 3.05. The van der Waals surface area contributed by atoms with Crippen molar-refractivity contribution in [3.05, 3.63) is 29.3 Å². The third-order valence-corrected chi connectivity index (χ3v) is 3.32. The minimum atomic E-state index is -1.03. The van der Waals surface area contributed by atoms with Crippen molar-refractivity contribution >= 4 is 17.7 Å². The molecule has 116 valence electrons. The summed E-state index contributed by atoms with van der Waals surface area (Å²) >= 11 is 0. The van der Waals surface area contributed by atoms with Gasteiger partial charge in [-0.1, -0.05) is 25.1 Å². The summed E-state index contributed by atoms with van der Waals surface area (Å²) in [5.41, 5.74) is 2.20. The van der Waals surface area contributed by atoms with E-state index in [2.05, 4.69) is 5.32 Å². The molecule has 21 heavy (non-hydrogen) atoms. The van der Waals surface area contributed by atoms with Gasteiger partial charge in [-0.2, -0.15) is 0 Å². The van der Waals surface area contributed by atoms with Crippen molar-refractivity contribution in [2.24, 2.45) is 0 Å². The quantitative estimate of drug-likeness (QED) is 0.894. The highest BCUT2D eigenvalue weighted by Gasteiger charge is 2.29. The fourth-order valence-corrected chi connectivity index (χ4v) is 2.13. The van der Waals surface area contributed by atoms with Crippen LogP contribution in [0.15, 0.2) is 18.2 Å². The molecule has 0 aromatic heterocycles. The molecule has 0 atom stereocenters. The first-order valence-corrected chi connectivity index (χ1v) is 7.05. The lowest BCUT2D eigenvalue weighted by Crippen LogP contribution is -2.50. The second kappa shape index (κ2) is 6.61. The zero-order chi connectivity index (χ0) is 16.2. The summed E-state index contributed by atoms with van der Waals surface area (Å²) in [6.45, 7) is 9.05. The normalized spacial score (nSPS) is 11.1. The van der Waals surface area contributed by atoms with E-state index in [0.717, 1.165) is 23.2 Å². The Hall–Kier alpha value is -2.04. The number of hydrogen-bond donors (Lipinski definition) is 2. The lowest BCUT2D eigenvalue weighted by Gasteiger charge is -2.34. The molecule has 0 saturated heterocycles. The molecule has 5 nitrogen and oxygen atoms in total. The van der Waals surface area contributed by atoms with E-state index in [1.54, 1.807) is 0 Å². The lowest BCUT2D eigenvalue weighted by atomic mass is 10.0. The maximum Gasteiger partial charge on any atom is 0.323 e. The number of anilines is 1. The number of carboxylic acids is 1. The Morgan fingerprint density at radius 1 is 1.29 bits per heavy atom. The van der Waals surface area contributed by atoms with Crippen LogP contribution < -0.4 is 5.32 Å². The summed E-state index contributed by atoms with van der Waals surface area (Å²) in [4.78, 5) is 24.8. The molecule has 0 fully saturated rings. The molecule has 0 radical (unpaired) electrons. The van der Waals surface area contributed by atoms with E-state index in [0.29, 0.717) is 0 Å². The number of hydrogen-bond acceptors (Lipinski definition) is 2. The van der Waals surface area contributed by atoms with E-state index in [9.17, 15) is 9.59 Å². The van der Waals surface area contributed by atoms with Crippen molar-refractivity contribution in [1.29, 1.82) is 0 Å². The van der Waals surface area contributed by atoms with Gasteiger partial charge >= 0.3 is 12.0 Å². The molecule has 2 N–H and O–H groups in total. The molecule has 0 bridgehead atoms. The second-order valence-electron chi connectivity index (χ2n) is 6.04. The number of urea groups is 1. The summed E-state index contributed by atoms with van der Waals surface area (Å²) in [5, 5.41) is 11.9. The van der Waals surface area contributed by atoms with E-state index in [4.69, 9.17) is 5.11 Å². The van der Waals surface area contributed by atoms with Gasteiger partial charge < -0.3 is 15.3 Å². The summed E-state index contributed by atoms with van der Waals surface area (Å²) in [5.74, 6) is -1.03. The van der Waals surface area contributed by atoms with Gasteiger partial charge in [0, 0.05) is 11.2 Å². The van der Waals surface area contributed by atoms with Gasteiger partial charge in [-0.15, -0.1) is 0 Å². The van der Waals surface area contributed by atoms with Crippen LogP contribution in [0.25, 0.3) is 0 Å². The number of nitrogens with one attached hydrogen (secondary N) is 1. The number of aliphatic carboxylic acids is 1. The number of rotatable bonds is 4. The first kappa shape index (κ1) is 17.0. The number of aryl methyl sites for hydroxylation is 2. The van der Waals surface area contributed by atoms with E-state index < -0.39 is 17.5 Å². The Bertz CT molecular complexity index is 533. The van der Waals surface area contributed by atoms with Crippen molar-refractivity contribution in [3.63, 3.8) is 0 Å². The van der Waals surface area contributed by atoms with Crippen LogP contribution in [-0.4, -0.2) is 34.1 Å². The smallest absolute Gasteiger partial charge is 0.323 e. The van der Waals surface area contributed by atoms with Gasteiger partial charge in [0.2, 0.25) is 0 Å². The summed E-state index contributed by atoms with van der Waals surface area (Å²) in [6, 6.07) is 5.44. The van der Waals surface area contributed by atoms with Crippen molar-refractivity contribution < 1.29 is 14.7 Å². The largest absolute Gasteiger partial charge is 0.480 e. The van der Waals surface area contributed by atoms with E-state index in [1.165, 1.54) is 4.90 Å². The standard InChI is InChI=1S/C16H24N2O3/c1-6-12-9-7-8-11(2)14(12)17-15(21)18(10-13(19)20)16(3,4)5/h7-9H,6,10H2,1-5H3,(H,17,21)(H,19,20). The van der Waals surface area contributed by atoms with Crippen LogP contribution in [0.5, 0.6) is 0 Å². The third-order valence-electron chi connectivity index (χ3n) is 3.32. The zero-order valence-electron chi connectivity index (χ0n) is 13.4. The first-order chi connectivity index (χ1) is 9.66. The van der Waals surface area contributed by atoms with E-state index in [-0.39, 0.29) is 6.54 Å². The predicted molar refractivity (Wildman–Crippen MR) is 83.7 cm³/mol. The highest BCUT2D eigenvalue weighted by Crippen LogP contribution is 2.23. The fraction of sp³-hybridized carbons (Fsp3) is 0.500. The molecule has 0 aliphatic carbocycles. The maximum absolute atomic E-state index is 12.5. The van der Waals surface area contributed by atoms with Crippen molar-refractivity contribution in [2.75, 3.05) is 11.9 Å². The summed E-state index contributed by atoms with van der Waals surface area (Å²) < 4.78 is 0. The lowest BCUT2D eigenvalue weighted by molar-refractivity contribution is -0.138. The predicted octanol–water partition coefficient (Wildman–Crippen LogP) is 3.27. The van der Waals surface area contributed by atoms with Crippen LogP contribution in [0.2, 0.25) is 0 Å². The Morgan fingerprint density at radius 3 is 2.38 bits per heavy atom. The van der Waals surface area contributed by atoms with Crippen molar-refractivity contribution in [3.8, 4) is 0 Å². The van der Waals surface area contributed by atoms with E-state index in [1.807, 2.05) is 52.8 Å². The van der Waals surface area contributed by atoms with Gasteiger partial charge in [0.15, 0.2) is 0 Å². The molecular weight excluding hydrogens is 268 g/mol. The van der Waals surface area contributed by atoms with Crippen LogP contribution in [0.1, 0.15) is 38.8 Å². The number of carboxylic acid groups (broad SMARTS) is 1. The summed E-state index contributed by atoms with van der Waals surface area (Å²) in [7, 11) is 0. The molecular formula is C16H24N2O3. The number of amides is 2. The number of benzene rings is 1.